The molecule has 0 saturated carbocycles. The van der Waals surface area contributed by atoms with Crippen molar-refractivity contribution in [2.45, 2.75) is 51.7 Å². The monoisotopic (exact) mass is 618 g/mol. The largest absolute Gasteiger partial charge is 0.480 e. The Kier molecular flexibility index (Phi) is 7.66. The minimum absolute atomic E-state index is 0.0644. The van der Waals surface area contributed by atoms with Crippen LogP contribution in [0, 0.1) is 6.92 Å². The maximum atomic E-state index is 13.1. The number of aromatic nitrogens is 1. The van der Waals surface area contributed by atoms with E-state index < -0.39 is 29.8 Å². The van der Waals surface area contributed by atoms with E-state index in [4.69, 9.17) is 9.47 Å². The Morgan fingerprint density at radius 3 is 2.20 bits per heavy atom. The van der Waals surface area contributed by atoms with E-state index in [-0.39, 0.29) is 18.9 Å². The average Bonchev–Trinajstić information content (AvgIpc) is 3.45. The summed E-state index contributed by atoms with van der Waals surface area (Å²) in [6.45, 7) is 7.26. The first-order valence-electron chi connectivity index (χ1n) is 13.3. The lowest BCUT2D eigenvalue weighted by Gasteiger charge is -2.20. The van der Waals surface area contributed by atoms with Crippen LogP contribution in [0.2, 0.25) is 0 Å². The summed E-state index contributed by atoms with van der Waals surface area (Å²) in [5, 5.41) is 13.2. The summed E-state index contributed by atoms with van der Waals surface area (Å²) in [6, 6.07) is 18.4. The third-order valence-electron chi connectivity index (χ3n) is 7.12. The molecule has 1 unspecified atom stereocenters. The second-order valence-electron chi connectivity index (χ2n) is 11.2. The van der Waals surface area contributed by atoms with Gasteiger partial charge in [0.2, 0.25) is 0 Å². The van der Waals surface area contributed by atoms with Gasteiger partial charge in [-0.1, -0.05) is 70.5 Å². The number of hydrogen-bond donors (Lipinski definition) is 2. The summed E-state index contributed by atoms with van der Waals surface area (Å²) >= 11 is 3.55. The summed E-state index contributed by atoms with van der Waals surface area (Å²) in [5.41, 5.74) is 5.59. The molecule has 4 aromatic rings. The molecular weight excluding hydrogens is 588 g/mol. The summed E-state index contributed by atoms with van der Waals surface area (Å²) in [7, 11) is 0. The number of fused-ring (bicyclic) bond motifs is 4. The van der Waals surface area contributed by atoms with Crippen molar-refractivity contribution < 1.29 is 29.0 Å². The van der Waals surface area contributed by atoms with E-state index >= 15 is 0 Å². The molecule has 0 fully saturated rings. The fourth-order valence-corrected chi connectivity index (χ4v) is 5.96. The summed E-state index contributed by atoms with van der Waals surface area (Å²) in [4.78, 5) is 38.2. The molecule has 0 bridgehead atoms. The van der Waals surface area contributed by atoms with E-state index in [9.17, 15) is 19.5 Å². The number of nitrogens with one attached hydrogen (secondary N) is 1. The topological polar surface area (TPSA) is 107 Å². The minimum atomic E-state index is -1.30. The van der Waals surface area contributed by atoms with Gasteiger partial charge < -0.3 is 19.9 Å². The van der Waals surface area contributed by atoms with Gasteiger partial charge in [0.25, 0.3) is 0 Å². The van der Waals surface area contributed by atoms with Crippen LogP contribution in [0.15, 0.2) is 71.3 Å². The highest BCUT2D eigenvalue weighted by atomic mass is 79.9. The van der Waals surface area contributed by atoms with Crippen molar-refractivity contribution in [3.8, 4) is 11.1 Å². The maximum Gasteiger partial charge on any atom is 0.419 e. The number of carbonyl (C=O) groups is 3. The number of carboxylic acid groups (broad SMARTS) is 1. The molecule has 0 radical (unpaired) electrons. The number of ether oxygens (including phenoxy) is 2. The van der Waals surface area contributed by atoms with Gasteiger partial charge in [-0.3, -0.25) is 4.57 Å². The van der Waals surface area contributed by atoms with Crippen molar-refractivity contribution in [2.24, 2.45) is 0 Å². The molecule has 212 valence electrons. The SMILES string of the molecule is Cc1ccc(Br)c2c(CC(NC(=O)OCC3c4ccccc4-c4ccccc43)C(=O)O)cn(C(=O)OC(C)(C)C)c12. The molecule has 1 aromatic heterocycles. The van der Waals surface area contributed by atoms with Gasteiger partial charge in [0.05, 0.1) is 5.52 Å². The van der Waals surface area contributed by atoms with Gasteiger partial charge in [0, 0.05) is 28.4 Å². The first-order chi connectivity index (χ1) is 19.4. The van der Waals surface area contributed by atoms with Gasteiger partial charge in [-0.15, -0.1) is 0 Å². The van der Waals surface area contributed by atoms with E-state index in [1.54, 1.807) is 27.0 Å². The molecule has 8 nitrogen and oxygen atoms in total. The van der Waals surface area contributed by atoms with E-state index in [0.717, 1.165) is 27.8 Å². The van der Waals surface area contributed by atoms with Gasteiger partial charge >= 0.3 is 18.2 Å². The zero-order valence-electron chi connectivity index (χ0n) is 23.2. The maximum absolute atomic E-state index is 13.1. The zero-order valence-corrected chi connectivity index (χ0v) is 24.8. The predicted molar refractivity (Wildman–Crippen MR) is 159 cm³/mol. The molecule has 0 spiro atoms. The fourth-order valence-electron chi connectivity index (χ4n) is 5.38. The van der Waals surface area contributed by atoms with Crippen LogP contribution < -0.4 is 5.32 Å². The van der Waals surface area contributed by atoms with Gasteiger partial charge in [-0.25, -0.2) is 14.4 Å². The van der Waals surface area contributed by atoms with Crippen molar-refractivity contribution in [3.05, 3.63) is 93.6 Å². The predicted octanol–water partition coefficient (Wildman–Crippen LogP) is 7.03. The van der Waals surface area contributed by atoms with Crippen LogP contribution in [0.4, 0.5) is 9.59 Å². The number of carboxylic acids is 1. The molecule has 5 rings (SSSR count). The van der Waals surface area contributed by atoms with E-state index in [1.165, 1.54) is 4.57 Å². The Hall–Kier alpha value is -4.11. The molecular formula is C32H31BrN2O6. The van der Waals surface area contributed by atoms with Crippen LogP contribution in [0.1, 0.15) is 48.9 Å². The van der Waals surface area contributed by atoms with E-state index in [0.29, 0.717) is 20.9 Å². The molecule has 0 saturated heterocycles. The minimum Gasteiger partial charge on any atom is -0.480 e. The number of benzene rings is 3. The Balaban J connectivity index is 1.36. The number of amides is 1. The average molecular weight is 620 g/mol. The van der Waals surface area contributed by atoms with Crippen LogP contribution in [0.3, 0.4) is 0 Å². The molecule has 1 atom stereocenters. The standard InChI is InChI=1S/C32H31BrN2O6/c1-18-13-14-25(33)27-19(16-35(28(18)27)31(39)41-32(2,3)4)15-26(29(36)37)34-30(38)40-17-24-22-11-7-5-9-20(22)21-10-6-8-12-23(21)24/h5-14,16,24,26H,15,17H2,1-4H3,(H,34,38)(H,36,37). The van der Waals surface area contributed by atoms with Gasteiger partial charge in [-0.2, -0.15) is 0 Å². The smallest absolute Gasteiger partial charge is 0.419 e. The number of hydrogen-bond acceptors (Lipinski definition) is 5. The molecule has 2 N–H and O–H groups in total. The second kappa shape index (κ2) is 11.0. The Bertz CT molecular complexity index is 1620. The van der Waals surface area contributed by atoms with E-state index in [1.807, 2.05) is 67.6 Å². The Morgan fingerprint density at radius 1 is 1.00 bits per heavy atom. The van der Waals surface area contributed by atoms with Crippen molar-refractivity contribution in [2.75, 3.05) is 6.61 Å². The molecule has 9 heteroatoms. The number of alkyl carbamates (subject to hydrolysis) is 1. The second-order valence-corrected chi connectivity index (χ2v) is 12.0. The molecule has 1 heterocycles. The highest BCUT2D eigenvalue weighted by Crippen LogP contribution is 2.44. The van der Waals surface area contributed by atoms with Crippen LogP contribution in [-0.2, 0) is 20.7 Å². The van der Waals surface area contributed by atoms with Crippen LogP contribution in [0.5, 0.6) is 0 Å². The lowest BCUT2D eigenvalue weighted by molar-refractivity contribution is -0.139. The molecule has 1 amide bonds. The first-order valence-corrected chi connectivity index (χ1v) is 14.1. The number of nitrogens with zero attached hydrogens (tertiary/aromatic N) is 1. The third kappa shape index (κ3) is 5.72. The summed E-state index contributed by atoms with van der Waals surface area (Å²) < 4.78 is 13.3. The molecule has 1 aliphatic rings. The van der Waals surface area contributed by atoms with Gasteiger partial charge in [-0.05, 0) is 67.1 Å². The molecule has 1 aliphatic carbocycles. The number of carbonyl (C=O) groups excluding carboxylic acids is 2. The zero-order chi connectivity index (χ0) is 29.5. The molecule has 0 aliphatic heterocycles. The van der Waals surface area contributed by atoms with Crippen molar-refractivity contribution in [1.82, 2.24) is 9.88 Å². The Labute approximate surface area is 246 Å². The quantitative estimate of drug-likeness (QED) is 0.240. The first kappa shape index (κ1) is 28.4. The number of aryl methyl sites for hydroxylation is 1. The number of rotatable bonds is 6. The lowest BCUT2D eigenvalue weighted by Crippen LogP contribution is -2.42. The van der Waals surface area contributed by atoms with Crippen LogP contribution >= 0.6 is 15.9 Å². The van der Waals surface area contributed by atoms with Crippen molar-refractivity contribution in [1.29, 1.82) is 0 Å². The van der Waals surface area contributed by atoms with E-state index in [2.05, 4.69) is 21.2 Å². The lowest BCUT2D eigenvalue weighted by atomic mass is 9.98. The highest BCUT2D eigenvalue weighted by Gasteiger charge is 2.31. The normalized spacial score (nSPS) is 13.4. The number of halogens is 1. The highest BCUT2D eigenvalue weighted by molar-refractivity contribution is 9.10. The fraction of sp³-hybridized carbons (Fsp3) is 0.281. The summed E-state index contributed by atoms with van der Waals surface area (Å²) in [6.07, 6.45) is 0.0939. The molecule has 3 aromatic carbocycles. The van der Waals surface area contributed by atoms with Gasteiger partial charge in [0.1, 0.15) is 18.2 Å². The van der Waals surface area contributed by atoms with Crippen LogP contribution in [0.25, 0.3) is 22.0 Å². The number of aliphatic carboxylic acids is 1. The molecule has 41 heavy (non-hydrogen) atoms. The van der Waals surface area contributed by atoms with Crippen LogP contribution in [-0.4, -0.2) is 46.1 Å². The third-order valence-corrected chi connectivity index (χ3v) is 7.78. The van der Waals surface area contributed by atoms with Crippen molar-refractivity contribution in [3.63, 3.8) is 0 Å². The van der Waals surface area contributed by atoms with Gasteiger partial charge in [0.15, 0.2) is 0 Å². The summed E-state index contributed by atoms with van der Waals surface area (Å²) in [5.74, 6) is -1.37. The van der Waals surface area contributed by atoms with Crippen molar-refractivity contribution >= 4 is 45.0 Å². The Morgan fingerprint density at radius 2 is 1.61 bits per heavy atom.